The maximum absolute atomic E-state index is 14.1. The minimum atomic E-state index is -3.59. The number of carbonyl (C=O) groups is 4. The van der Waals surface area contributed by atoms with Crippen LogP contribution in [0.3, 0.4) is 0 Å². The molecule has 1 N–H and O–H groups in total. The van der Waals surface area contributed by atoms with E-state index in [1.54, 1.807) is 24.3 Å². The highest BCUT2D eigenvalue weighted by atomic mass is 32.2. The molecule has 0 spiro atoms. The monoisotopic (exact) mass is 826 g/mol. The zero-order chi connectivity index (χ0) is 41.7. The molecule has 4 aliphatic rings. The first-order valence-electron chi connectivity index (χ1n) is 21.3. The van der Waals surface area contributed by atoms with Crippen molar-refractivity contribution in [3.05, 3.63) is 94.0 Å². The molecule has 3 aromatic rings. The smallest absolute Gasteiger partial charge is 0.262 e. The zero-order valence-electron chi connectivity index (χ0n) is 34.6. The van der Waals surface area contributed by atoms with Crippen molar-refractivity contribution >= 4 is 33.5 Å². The Labute approximate surface area is 348 Å². The first-order valence-corrected chi connectivity index (χ1v) is 23.4. The molecule has 1 unspecified atom stereocenters. The number of nitrogens with zero attached hydrogens (tertiary/aromatic N) is 3. The molecule has 59 heavy (non-hydrogen) atoms. The number of carbonyl (C=O) groups excluding carboxylic acids is 4. The minimum Gasteiger partial charge on any atom is -0.493 e. The summed E-state index contributed by atoms with van der Waals surface area (Å²) in [6.07, 6.45) is 10.2. The van der Waals surface area contributed by atoms with Crippen LogP contribution in [0, 0.1) is 0 Å². The Balaban J connectivity index is 0.872. The van der Waals surface area contributed by atoms with Crippen LogP contribution >= 0.6 is 0 Å². The van der Waals surface area contributed by atoms with Crippen molar-refractivity contribution in [2.45, 2.75) is 95.1 Å². The number of ether oxygens (including phenoxy) is 2. The number of methoxy groups -OCH3 is 1. The third-order valence-corrected chi connectivity index (χ3v) is 13.6. The molecular formula is C46H58N4O8S. The van der Waals surface area contributed by atoms with E-state index in [9.17, 15) is 27.6 Å². The van der Waals surface area contributed by atoms with E-state index in [0.717, 1.165) is 87.1 Å². The molecule has 316 valence electrons. The van der Waals surface area contributed by atoms with Crippen molar-refractivity contribution in [2.24, 2.45) is 0 Å². The SMILES string of the molecule is CCOc1cc([C@@H](CS(C)(=O)=O)N2C(=O)c3cccc(CCCCCN4CCC(N5CCC(c6cccc(C7CCC(=O)NC7=O)c6)CC5)CC4)c3C2=O)ccc1OC. The molecule has 4 amide bonds. The van der Waals surface area contributed by atoms with E-state index in [1.807, 2.05) is 25.1 Å². The number of imide groups is 2. The molecule has 4 heterocycles. The summed E-state index contributed by atoms with van der Waals surface area (Å²) in [6.45, 7) is 7.58. The summed E-state index contributed by atoms with van der Waals surface area (Å²) >= 11 is 0. The second-order valence-corrected chi connectivity index (χ2v) is 18.8. The average Bonchev–Trinajstić information content (AvgIpc) is 3.48. The van der Waals surface area contributed by atoms with Crippen molar-refractivity contribution < 1.29 is 37.1 Å². The van der Waals surface area contributed by atoms with Gasteiger partial charge in [-0.2, -0.15) is 0 Å². The second kappa shape index (κ2) is 18.8. The topological polar surface area (TPSA) is 143 Å². The number of hydrogen-bond acceptors (Lipinski definition) is 10. The number of piperidine rings is 3. The number of sulfone groups is 1. The van der Waals surface area contributed by atoms with E-state index in [1.165, 1.54) is 25.5 Å². The Morgan fingerprint density at radius 2 is 1.56 bits per heavy atom. The quantitative estimate of drug-likeness (QED) is 0.134. The summed E-state index contributed by atoms with van der Waals surface area (Å²) < 4.78 is 36.5. The van der Waals surface area contributed by atoms with Crippen LogP contribution in [0.4, 0.5) is 0 Å². The first-order chi connectivity index (χ1) is 28.4. The molecule has 0 radical (unpaired) electrons. The van der Waals surface area contributed by atoms with Gasteiger partial charge in [-0.15, -0.1) is 0 Å². The van der Waals surface area contributed by atoms with Crippen molar-refractivity contribution in [2.75, 3.05) is 58.4 Å². The Hall–Kier alpha value is -4.59. The maximum atomic E-state index is 14.1. The molecule has 0 saturated carbocycles. The van der Waals surface area contributed by atoms with Crippen LogP contribution < -0.4 is 14.8 Å². The van der Waals surface area contributed by atoms with Crippen LogP contribution in [-0.4, -0.2) is 111 Å². The first kappa shape index (κ1) is 42.5. The lowest BCUT2D eigenvalue weighted by molar-refractivity contribution is -0.134. The largest absolute Gasteiger partial charge is 0.493 e. The summed E-state index contributed by atoms with van der Waals surface area (Å²) in [5, 5.41) is 2.50. The summed E-state index contributed by atoms with van der Waals surface area (Å²) in [4.78, 5) is 58.4. The Bertz CT molecular complexity index is 2140. The summed E-state index contributed by atoms with van der Waals surface area (Å²) in [5.74, 6) is -0.589. The van der Waals surface area contributed by atoms with Gasteiger partial charge in [0.25, 0.3) is 11.8 Å². The number of hydrogen-bond donors (Lipinski definition) is 1. The van der Waals surface area contributed by atoms with Gasteiger partial charge < -0.3 is 19.3 Å². The standard InChI is InChI=1S/C46H58N4O8S/c1-4-58-41-29-35(15-17-40(41)57-2)39(30-59(3,55)56)50-45(53)38-14-9-11-32(43(38)46(50)54)10-6-5-7-23-48-24-21-36(22-25-48)49-26-19-31(20-27-49)33-12-8-13-34(28-33)37-16-18-42(51)47-44(37)52/h8-9,11-15,17,28-29,31,36-37,39H,4-7,10,16,18-27,30H2,1-3H3,(H,47,51,52)/t37?,39-/m1/s1. The van der Waals surface area contributed by atoms with Crippen LogP contribution in [0.15, 0.2) is 60.7 Å². The lowest BCUT2D eigenvalue weighted by Crippen LogP contribution is -2.47. The number of fused-ring (bicyclic) bond motifs is 1. The Kier molecular flexibility index (Phi) is 13.5. The second-order valence-electron chi connectivity index (χ2n) is 16.6. The number of aryl methyl sites for hydroxylation is 1. The molecule has 3 aromatic carbocycles. The van der Waals surface area contributed by atoms with Gasteiger partial charge in [0.2, 0.25) is 11.8 Å². The molecular weight excluding hydrogens is 769 g/mol. The van der Waals surface area contributed by atoms with Gasteiger partial charge in [0.15, 0.2) is 11.5 Å². The van der Waals surface area contributed by atoms with E-state index in [4.69, 9.17) is 9.47 Å². The van der Waals surface area contributed by atoms with Gasteiger partial charge in [0, 0.05) is 18.7 Å². The highest BCUT2D eigenvalue weighted by molar-refractivity contribution is 7.90. The number of unbranched alkanes of at least 4 members (excludes halogenated alkanes) is 2. The molecule has 0 bridgehead atoms. The third kappa shape index (κ3) is 9.90. The summed E-state index contributed by atoms with van der Waals surface area (Å²) in [7, 11) is -2.08. The normalized spacial score (nSPS) is 20.5. The van der Waals surface area contributed by atoms with E-state index in [-0.39, 0.29) is 17.7 Å². The van der Waals surface area contributed by atoms with Gasteiger partial charge in [-0.3, -0.25) is 29.4 Å². The number of nitrogens with one attached hydrogen (secondary N) is 1. The maximum Gasteiger partial charge on any atom is 0.262 e. The molecule has 3 saturated heterocycles. The van der Waals surface area contributed by atoms with Gasteiger partial charge in [-0.05, 0) is 137 Å². The fourth-order valence-corrected chi connectivity index (χ4v) is 10.5. The summed E-state index contributed by atoms with van der Waals surface area (Å²) in [6, 6.07) is 18.4. The fraction of sp³-hybridized carbons (Fsp3) is 0.522. The molecule has 0 aromatic heterocycles. The van der Waals surface area contributed by atoms with E-state index < -0.39 is 33.4 Å². The molecule has 12 nitrogen and oxygen atoms in total. The van der Waals surface area contributed by atoms with Crippen LogP contribution in [0.25, 0.3) is 0 Å². The Morgan fingerprint density at radius 1 is 0.814 bits per heavy atom. The third-order valence-electron chi connectivity index (χ3n) is 12.7. The van der Waals surface area contributed by atoms with Crippen LogP contribution in [0.2, 0.25) is 0 Å². The van der Waals surface area contributed by atoms with Gasteiger partial charge in [-0.25, -0.2) is 8.42 Å². The molecule has 0 aliphatic carbocycles. The van der Waals surface area contributed by atoms with E-state index >= 15 is 0 Å². The van der Waals surface area contributed by atoms with Crippen LogP contribution in [0.5, 0.6) is 11.5 Å². The summed E-state index contributed by atoms with van der Waals surface area (Å²) in [5.41, 5.74) is 4.31. The highest BCUT2D eigenvalue weighted by Crippen LogP contribution is 2.38. The molecule has 3 fully saturated rings. The van der Waals surface area contributed by atoms with Gasteiger partial charge in [0.1, 0.15) is 9.84 Å². The van der Waals surface area contributed by atoms with Crippen molar-refractivity contribution in [3.63, 3.8) is 0 Å². The number of amides is 4. The van der Waals surface area contributed by atoms with Gasteiger partial charge in [-0.1, -0.05) is 48.9 Å². The zero-order valence-corrected chi connectivity index (χ0v) is 35.4. The highest BCUT2D eigenvalue weighted by Gasteiger charge is 2.43. The molecule has 2 atom stereocenters. The number of likely N-dealkylation sites (tertiary alicyclic amines) is 2. The van der Waals surface area contributed by atoms with Crippen LogP contribution in [0.1, 0.15) is 126 Å². The average molecular weight is 827 g/mol. The lowest BCUT2D eigenvalue weighted by atomic mass is 9.84. The predicted molar refractivity (Wildman–Crippen MR) is 226 cm³/mol. The van der Waals surface area contributed by atoms with Crippen molar-refractivity contribution in [1.29, 1.82) is 0 Å². The number of rotatable bonds is 16. The predicted octanol–water partition coefficient (Wildman–Crippen LogP) is 6.05. The Morgan fingerprint density at radius 3 is 2.27 bits per heavy atom. The number of benzene rings is 3. The van der Waals surface area contributed by atoms with Crippen molar-refractivity contribution in [3.8, 4) is 11.5 Å². The molecule has 7 rings (SSSR count). The van der Waals surface area contributed by atoms with Gasteiger partial charge in [0.05, 0.1) is 42.6 Å². The lowest BCUT2D eigenvalue weighted by Gasteiger charge is -2.42. The molecule has 13 heteroatoms. The molecule has 4 aliphatic heterocycles. The van der Waals surface area contributed by atoms with E-state index in [0.29, 0.717) is 66.0 Å². The van der Waals surface area contributed by atoms with Crippen molar-refractivity contribution in [1.82, 2.24) is 20.0 Å². The van der Waals surface area contributed by atoms with Gasteiger partial charge >= 0.3 is 0 Å². The van der Waals surface area contributed by atoms with Crippen LogP contribution in [-0.2, 0) is 25.8 Å². The minimum absolute atomic E-state index is 0.179. The van der Waals surface area contributed by atoms with E-state index in [2.05, 4.69) is 33.3 Å². The fourth-order valence-electron chi connectivity index (χ4n) is 9.62.